The van der Waals surface area contributed by atoms with Crippen molar-refractivity contribution in [2.24, 2.45) is 11.7 Å². The molecule has 4 heteroatoms. The van der Waals surface area contributed by atoms with Crippen LogP contribution in [0.2, 0.25) is 0 Å². The second-order valence-corrected chi connectivity index (χ2v) is 5.62. The number of amides is 1. The maximum atomic E-state index is 12.1. The Kier molecular flexibility index (Phi) is 8.07. The summed E-state index contributed by atoms with van der Waals surface area (Å²) >= 11 is 0. The second kappa shape index (κ2) is 9.32. The van der Waals surface area contributed by atoms with E-state index in [1.165, 1.54) is 32.1 Å². The van der Waals surface area contributed by atoms with Gasteiger partial charge in [0.15, 0.2) is 0 Å². The number of hydrogen-bond donors (Lipinski definition) is 2. The Morgan fingerprint density at radius 1 is 1.37 bits per heavy atom. The highest BCUT2D eigenvalue weighted by atomic mass is 16.5. The smallest absolute Gasteiger partial charge is 0.249 e. The van der Waals surface area contributed by atoms with Gasteiger partial charge in [-0.1, -0.05) is 32.6 Å². The standard InChI is InChI=1S/C15H30N2O2/c1-3-4-10-19-12(2)15(18)17-14(11-16)13-8-6-5-7-9-13/h12-14H,3-11,16H2,1-2H3,(H,17,18). The average molecular weight is 270 g/mol. The van der Waals surface area contributed by atoms with E-state index in [1.54, 1.807) is 0 Å². The molecule has 3 N–H and O–H groups in total. The van der Waals surface area contributed by atoms with Crippen LogP contribution in [0.5, 0.6) is 0 Å². The van der Waals surface area contributed by atoms with Crippen LogP contribution in [0, 0.1) is 5.92 Å². The number of carbonyl (C=O) groups is 1. The Balaban J connectivity index is 2.34. The van der Waals surface area contributed by atoms with E-state index < -0.39 is 0 Å². The number of carbonyl (C=O) groups excluding carboxylic acids is 1. The van der Waals surface area contributed by atoms with E-state index in [2.05, 4.69) is 12.2 Å². The van der Waals surface area contributed by atoms with Crippen LogP contribution in [0.15, 0.2) is 0 Å². The monoisotopic (exact) mass is 270 g/mol. The fourth-order valence-corrected chi connectivity index (χ4v) is 2.69. The lowest BCUT2D eigenvalue weighted by Crippen LogP contribution is -2.49. The van der Waals surface area contributed by atoms with Crippen molar-refractivity contribution in [1.82, 2.24) is 5.32 Å². The fourth-order valence-electron chi connectivity index (χ4n) is 2.69. The number of rotatable bonds is 8. The molecule has 0 saturated heterocycles. The quantitative estimate of drug-likeness (QED) is 0.665. The molecule has 0 aromatic rings. The van der Waals surface area contributed by atoms with Crippen LogP contribution >= 0.6 is 0 Å². The zero-order chi connectivity index (χ0) is 14.1. The Bertz CT molecular complexity index is 253. The van der Waals surface area contributed by atoms with Gasteiger partial charge in [0.2, 0.25) is 5.91 Å². The van der Waals surface area contributed by atoms with Gasteiger partial charge in [-0.2, -0.15) is 0 Å². The molecular weight excluding hydrogens is 240 g/mol. The van der Waals surface area contributed by atoms with Gasteiger partial charge in [0.25, 0.3) is 0 Å². The minimum Gasteiger partial charge on any atom is -0.369 e. The number of ether oxygens (including phenoxy) is 1. The summed E-state index contributed by atoms with van der Waals surface area (Å²) in [4.78, 5) is 12.1. The molecule has 4 nitrogen and oxygen atoms in total. The van der Waals surface area contributed by atoms with E-state index in [1.807, 2.05) is 6.92 Å². The highest BCUT2D eigenvalue weighted by Crippen LogP contribution is 2.26. The van der Waals surface area contributed by atoms with E-state index in [-0.39, 0.29) is 18.1 Å². The van der Waals surface area contributed by atoms with E-state index in [4.69, 9.17) is 10.5 Å². The summed E-state index contributed by atoms with van der Waals surface area (Å²) in [5.41, 5.74) is 5.82. The Morgan fingerprint density at radius 3 is 2.63 bits per heavy atom. The zero-order valence-electron chi connectivity index (χ0n) is 12.5. The van der Waals surface area contributed by atoms with Gasteiger partial charge in [-0.3, -0.25) is 4.79 Å². The summed E-state index contributed by atoms with van der Waals surface area (Å²) in [7, 11) is 0. The number of nitrogens with two attached hydrogens (primary N) is 1. The molecule has 0 bridgehead atoms. The molecular formula is C15H30N2O2. The molecule has 0 radical (unpaired) electrons. The zero-order valence-corrected chi connectivity index (χ0v) is 12.5. The summed E-state index contributed by atoms with van der Waals surface area (Å²) in [6.45, 7) is 5.11. The Hall–Kier alpha value is -0.610. The molecule has 1 rings (SSSR count). The average Bonchev–Trinajstić information content (AvgIpc) is 2.45. The minimum absolute atomic E-state index is 0.0165. The second-order valence-electron chi connectivity index (χ2n) is 5.62. The van der Waals surface area contributed by atoms with Gasteiger partial charge in [-0.15, -0.1) is 0 Å². The predicted octanol–water partition coefficient (Wildman–Crippen LogP) is 2.22. The fraction of sp³-hybridized carbons (Fsp3) is 0.933. The SMILES string of the molecule is CCCCOC(C)C(=O)NC(CN)C1CCCCC1. The van der Waals surface area contributed by atoms with Crippen LogP contribution < -0.4 is 11.1 Å². The Morgan fingerprint density at radius 2 is 2.05 bits per heavy atom. The number of unbranched alkanes of at least 4 members (excludes halogenated alkanes) is 1. The molecule has 0 heterocycles. The first-order valence-electron chi connectivity index (χ1n) is 7.81. The molecule has 19 heavy (non-hydrogen) atoms. The van der Waals surface area contributed by atoms with E-state index in [9.17, 15) is 4.79 Å². The molecule has 1 aliphatic rings. The number of hydrogen-bond acceptors (Lipinski definition) is 3. The molecule has 1 saturated carbocycles. The van der Waals surface area contributed by atoms with Crippen LogP contribution in [0.25, 0.3) is 0 Å². The molecule has 112 valence electrons. The number of nitrogens with one attached hydrogen (secondary N) is 1. The lowest BCUT2D eigenvalue weighted by atomic mass is 9.84. The normalized spacial score (nSPS) is 19.9. The topological polar surface area (TPSA) is 64.3 Å². The largest absolute Gasteiger partial charge is 0.369 e. The highest BCUT2D eigenvalue weighted by molar-refractivity contribution is 5.80. The maximum Gasteiger partial charge on any atom is 0.249 e. The van der Waals surface area contributed by atoms with Crippen molar-refractivity contribution in [2.75, 3.05) is 13.2 Å². The highest BCUT2D eigenvalue weighted by Gasteiger charge is 2.25. The summed E-state index contributed by atoms with van der Waals surface area (Å²) < 4.78 is 5.52. The minimum atomic E-state index is -0.371. The van der Waals surface area contributed by atoms with E-state index in [0.717, 1.165) is 12.8 Å². The van der Waals surface area contributed by atoms with Gasteiger partial charge in [0.1, 0.15) is 6.10 Å². The first-order valence-corrected chi connectivity index (χ1v) is 7.81. The van der Waals surface area contributed by atoms with Crippen LogP contribution in [0.3, 0.4) is 0 Å². The third kappa shape index (κ3) is 5.91. The first-order chi connectivity index (χ1) is 9.19. The lowest BCUT2D eigenvalue weighted by Gasteiger charge is -2.30. The molecule has 0 aromatic heterocycles. The van der Waals surface area contributed by atoms with Crippen molar-refractivity contribution >= 4 is 5.91 Å². The molecule has 0 spiro atoms. The van der Waals surface area contributed by atoms with Crippen LogP contribution in [0.4, 0.5) is 0 Å². The molecule has 2 unspecified atom stereocenters. The molecule has 0 aliphatic heterocycles. The van der Waals surface area contributed by atoms with Crippen molar-refractivity contribution in [3.63, 3.8) is 0 Å². The van der Waals surface area contributed by atoms with E-state index in [0.29, 0.717) is 19.1 Å². The van der Waals surface area contributed by atoms with Crippen molar-refractivity contribution < 1.29 is 9.53 Å². The molecule has 1 aliphatic carbocycles. The van der Waals surface area contributed by atoms with Crippen molar-refractivity contribution in [3.05, 3.63) is 0 Å². The van der Waals surface area contributed by atoms with Gasteiger partial charge in [0, 0.05) is 19.2 Å². The van der Waals surface area contributed by atoms with Crippen molar-refractivity contribution in [1.29, 1.82) is 0 Å². The van der Waals surface area contributed by atoms with Crippen LogP contribution in [-0.4, -0.2) is 31.2 Å². The summed E-state index contributed by atoms with van der Waals surface area (Å²) in [6, 6.07) is 0.116. The van der Waals surface area contributed by atoms with Crippen molar-refractivity contribution in [2.45, 2.75) is 70.9 Å². The third-order valence-electron chi connectivity index (χ3n) is 4.04. The summed E-state index contributed by atoms with van der Waals surface area (Å²) in [5, 5.41) is 3.07. The molecule has 0 aromatic carbocycles. The lowest BCUT2D eigenvalue weighted by molar-refractivity contribution is -0.133. The van der Waals surface area contributed by atoms with Gasteiger partial charge >= 0.3 is 0 Å². The first kappa shape index (κ1) is 16.4. The molecule has 1 amide bonds. The Labute approximate surface area is 117 Å². The molecule has 2 atom stereocenters. The van der Waals surface area contributed by atoms with Gasteiger partial charge in [0.05, 0.1) is 0 Å². The third-order valence-corrected chi connectivity index (χ3v) is 4.04. The summed E-state index contributed by atoms with van der Waals surface area (Å²) in [5.74, 6) is 0.530. The van der Waals surface area contributed by atoms with Crippen molar-refractivity contribution in [3.8, 4) is 0 Å². The summed E-state index contributed by atoms with van der Waals surface area (Å²) in [6.07, 6.45) is 7.93. The van der Waals surface area contributed by atoms with Crippen LogP contribution in [-0.2, 0) is 9.53 Å². The van der Waals surface area contributed by atoms with Gasteiger partial charge in [-0.05, 0) is 32.1 Å². The van der Waals surface area contributed by atoms with Gasteiger partial charge in [-0.25, -0.2) is 0 Å². The van der Waals surface area contributed by atoms with E-state index >= 15 is 0 Å². The van der Waals surface area contributed by atoms with Crippen LogP contribution in [0.1, 0.15) is 58.8 Å². The predicted molar refractivity (Wildman–Crippen MR) is 77.9 cm³/mol. The molecule has 1 fully saturated rings. The van der Waals surface area contributed by atoms with Gasteiger partial charge < -0.3 is 15.8 Å². The maximum absolute atomic E-state index is 12.1.